The van der Waals surface area contributed by atoms with Crippen LogP contribution in [0.1, 0.15) is 18.9 Å². The van der Waals surface area contributed by atoms with Crippen LogP contribution < -0.4 is 0 Å². The molecule has 2 rings (SSSR count). The Morgan fingerprint density at radius 3 is 2.59 bits per heavy atom. The van der Waals surface area contributed by atoms with Crippen LogP contribution in [0.4, 0.5) is 0 Å². The van der Waals surface area contributed by atoms with Gasteiger partial charge in [-0.25, -0.2) is 0 Å². The zero-order chi connectivity index (χ0) is 12.3. The van der Waals surface area contributed by atoms with Crippen molar-refractivity contribution in [1.29, 1.82) is 0 Å². The molecule has 0 aliphatic carbocycles. The zero-order valence-electron chi connectivity index (χ0n) is 9.90. The van der Waals surface area contributed by atoms with E-state index in [0.717, 1.165) is 19.5 Å². The van der Waals surface area contributed by atoms with Crippen LogP contribution in [0.3, 0.4) is 0 Å². The highest BCUT2D eigenvalue weighted by atomic mass is 79.9. The number of halogens is 1. The highest BCUT2D eigenvalue weighted by molar-refractivity contribution is 9.10. The number of nitrogens with zero attached hydrogens (tertiary/aromatic N) is 1. The first-order valence-corrected chi connectivity index (χ1v) is 6.77. The summed E-state index contributed by atoms with van der Waals surface area (Å²) >= 11 is 3.32. The Bertz CT molecular complexity index is 425. The van der Waals surface area contributed by atoms with E-state index >= 15 is 0 Å². The molecular formula is C14H16BrNO. The van der Waals surface area contributed by atoms with Gasteiger partial charge in [0.1, 0.15) is 0 Å². The molecule has 1 heterocycles. The molecule has 2 nitrogen and oxygen atoms in total. The first-order chi connectivity index (χ1) is 8.18. The molecule has 0 saturated carbocycles. The molecule has 17 heavy (non-hydrogen) atoms. The lowest BCUT2D eigenvalue weighted by molar-refractivity contribution is -0.129. The van der Waals surface area contributed by atoms with Crippen molar-refractivity contribution in [2.75, 3.05) is 13.1 Å². The number of rotatable bonds is 2. The zero-order valence-corrected chi connectivity index (χ0v) is 11.5. The smallest absolute Gasteiger partial charge is 0.236 e. The van der Waals surface area contributed by atoms with E-state index in [2.05, 4.69) is 34.1 Å². The first-order valence-electron chi connectivity index (χ1n) is 5.86. The topological polar surface area (TPSA) is 20.3 Å². The third-order valence-corrected chi connectivity index (χ3v) is 3.40. The van der Waals surface area contributed by atoms with Gasteiger partial charge in [-0.1, -0.05) is 52.3 Å². The molecule has 1 amide bonds. The molecule has 1 aliphatic rings. The molecule has 1 atom stereocenters. The number of benzene rings is 1. The van der Waals surface area contributed by atoms with Crippen molar-refractivity contribution in [3.8, 4) is 0 Å². The third-order valence-electron chi connectivity index (χ3n) is 3.01. The average molecular weight is 294 g/mol. The molecule has 90 valence electrons. The van der Waals surface area contributed by atoms with Crippen LogP contribution in [0.25, 0.3) is 5.57 Å². The molecule has 1 aliphatic heterocycles. The summed E-state index contributed by atoms with van der Waals surface area (Å²) in [5.41, 5.74) is 2.61. The van der Waals surface area contributed by atoms with Gasteiger partial charge < -0.3 is 4.90 Å². The Hall–Kier alpha value is -1.09. The fraction of sp³-hybridized carbons (Fsp3) is 0.357. The highest BCUT2D eigenvalue weighted by Gasteiger charge is 2.20. The van der Waals surface area contributed by atoms with Crippen LogP contribution in [0.15, 0.2) is 36.4 Å². The summed E-state index contributed by atoms with van der Waals surface area (Å²) in [5.74, 6) is 0.174. The maximum absolute atomic E-state index is 11.8. The van der Waals surface area contributed by atoms with Gasteiger partial charge in [0, 0.05) is 13.1 Å². The quantitative estimate of drug-likeness (QED) is 0.768. The summed E-state index contributed by atoms with van der Waals surface area (Å²) < 4.78 is 0. The fourth-order valence-electron chi connectivity index (χ4n) is 2.04. The van der Waals surface area contributed by atoms with E-state index < -0.39 is 0 Å². The van der Waals surface area contributed by atoms with Crippen molar-refractivity contribution >= 4 is 27.4 Å². The molecule has 0 spiro atoms. The molecule has 3 heteroatoms. The summed E-state index contributed by atoms with van der Waals surface area (Å²) in [6.07, 6.45) is 3.10. The molecule has 0 N–H and O–H groups in total. The van der Waals surface area contributed by atoms with E-state index in [1.54, 1.807) is 0 Å². The lowest BCUT2D eigenvalue weighted by Crippen LogP contribution is -2.38. The van der Waals surface area contributed by atoms with Crippen molar-refractivity contribution in [1.82, 2.24) is 4.90 Å². The number of hydrogen-bond donors (Lipinski definition) is 0. The summed E-state index contributed by atoms with van der Waals surface area (Å²) in [6.45, 7) is 3.41. The SMILES string of the molecule is CC(Br)C(=O)N1CC=C(c2ccccc2)CC1. The molecule has 1 aromatic carbocycles. The largest absolute Gasteiger partial charge is 0.338 e. The Kier molecular flexibility index (Phi) is 4.00. The van der Waals surface area contributed by atoms with Gasteiger partial charge >= 0.3 is 0 Å². The summed E-state index contributed by atoms with van der Waals surface area (Å²) in [7, 11) is 0. The number of carbonyl (C=O) groups excluding carboxylic acids is 1. The van der Waals surface area contributed by atoms with E-state index in [1.165, 1.54) is 11.1 Å². The maximum atomic E-state index is 11.8. The fourth-order valence-corrected chi connectivity index (χ4v) is 2.32. The van der Waals surface area contributed by atoms with Crippen LogP contribution in [0.2, 0.25) is 0 Å². The molecule has 0 aromatic heterocycles. The Morgan fingerprint density at radius 1 is 1.35 bits per heavy atom. The number of hydrogen-bond acceptors (Lipinski definition) is 1. The summed E-state index contributed by atoms with van der Waals surface area (Å²) in [6, 6.07) is 10.4. The molecule has 0 fully saturated rings. The van der Waals surface area contributed by atoms with Crippen LogP contribution in [0.5, 0.6) is 0 Å². The van der Waals surface area contributed by atoms with Gasteiger partial charge in [-0.05, 0) is 24.5 Å². The van der Waals surface area contributed by atoms with Crippen molar-refractivity contribution in [2.24, 2.45) is 0 Å². The van der Waals surface area contributed by atoms with Crippen molar-refractivity contribution in [3.05, 3.63) is 42.0 Å². The van der Waals surface area contributed by atoms with Crippen molar-refractivity contribution < 1.29 is 4.79 Å². The average Bonchev–Trinajstić information content (AvgIpc) is 2.39. The number of carbonyl (C=O) groups is 1. The van der Waals surface area contributed by atoms with Crippen LogP contribution in [-0.2, 0) is 4.79 Å². The van der Waals surface area contributed by atoms with E-state index in [4.69, 9.17) is 0 Å². The summed E-state index contributed by atoms with van der Waals surface area (Å²) in [4.78, 5) is 13.6. The first kappa shape index (κ1) is 12.4. The lowest BCUT2D eigenvalue weighted by Gasteiger charge is -2.27. The Labute approximate surface area is 110 Å². The van der Waals surface area contributed by atoms with E-state index in [9.17, 15) is 4.79 Å². The van der Waals surface area contributed by atoms with Gasteiger partial charge in [-0.2, -0.15) is 0 Å². The van der Waals surface area contributed by atoms with E-state index in [-0.39, 0.29) is 10.7 Å². The normalized spacial score (nSPS) is 17.5. The van der Waals surface area contributed by atoms with E-state index in [0.29, 0.717) is 0 Å². The van der Waals surface area contributed by atoms with E-state index in [1.807, 2.05) is 30.0 Å². The van der Waals surface area contributed by atoms with Gasteiger partial charge in [0.15, 0.2) is 0 Å². The predicted octanol–water partition coefficient (Wildman–Crippen LogP) is 3.09. The van der Waals surface area contributed by atoms with Crippen LogP contribution in [-0.4, -0.2) is 28.7 Å². The van der Waals surface area contributed by atoms with Gasteiger partial charge in [-0.15, -0.1) is 0 Å². The second-order valence-corrected chi connectivity index (χ2v) is 5.62. The van der Waals surface area contributed by atoms with Crippen LogP contribution in [0, 0.1) is 0 Å². The van der Waals surface area contributed by atoms with Gasteiger partial charge in [-0.3, -0.25) is 4.79 Å². The maximum Gasteiger partial charge on any atom is 0.236 e. The minimum atomic E-state index is -0.0887. The van der Waals surface area contributed by atoms with Crippen LogP contribution >= 0.6 is 15.9 Å². The predicted molar refractivity (Wildman–Crippen MR) is 74.0 cm³/mol. The molecule has 1 unspecified atom stereocenters. The molecule has 1 aromatic rings. The summed E-state index contributed by atoms with van der Waals surface area (Å²) in [5, 5.41) is 0. The second-order valence-electron chi connectivity index (χ2n) is 4.25. The Balaban J connectivity index is 2.06. The Morgan fingerprint density at radius 2 is 2.06 bits per heavy atom. The third kappa shape index (κ3) is 2.97. The van der Waals surface area contributed by atoms with Gasteiger partial charge in [0.05, 0.1) is 4.83 Å². The van der Waals surface area contributed by atoms with Gasteiger partial charge in [0.25, 0.3) is 0 Å². The molecule has 0 saturated heterocycles. The molecule has 0 radical (unpaired) electrons. The standard InChI is InChI=1S/C14H16BrNO/c1-11(15)14(17)16-9-7-13(8-10-16)12-5-3-2-4-6-12/h2-7,11H,8-10H2,1H3. The highest BCUT2D eigenvalue weighted by Crippen LogP contribution is 2.22. The molecular weight excluding hydrogens is 278 g/mol. The minimum absolute atomic E-state index is 0.0887. The number of alkyl halides is 1. The van der Waals surface area contributed by atoms with Gasteiger partial charge in [0.2, 0.25) is 5.91 Å². The molecule has 0 bridgehead atoms. The lowest BCUT2D eigenvalue weighted by atomic mass is 9.99. The van der Waals surface area contributed by atoms with Crippen molar-refractivity contribution in [3.63, 3.8) is 0 Å². The number of amides is 1. The van der Waals surface area contributed by atoms with Crippen molar-refractivity contribution in [2.45, 2.75) is 18.2 Å². The minimum Gasteiger partial charge on any atom is -0.338 e. The monoisotopic (exact) mass is 293 g/mol. The second kappa shape index (κ2) is 5.50.